The maximum atomic E-state index is 9.62. The van der Waals surface area contributed by atoms with Gasteiger partial charge in [0.15, 0.2) is 5.76 Å². The minimum Gasteiger partial charge on any atom is -0.508 e. The van der Waals surface area contributed by atoms with Crippen molar-refractivity contribution >= 4 is 0 Å². The molecule has 1 N–H and O–H groups in total. The summed E-state index contributed by atoms with van der Waals surface area (Å²) in [7, 11) is 0. The highest BCUT2D eigenvalue weighted by atomic mass is 16.5. The molecule has 0 saturated carbocycles. The Balaban J connectivity index is 1.77. The molecule has 130 valence electrons. The van der Waals surface area contributed by atoms with E-state index in [-0.39, 0.29) is 11.3 Å². The lowest BCUT2D eigenvalue weighted by atomic mass is 9.88. The number of aromatic nitrogens is 1. The van der Waals surface area contributed by atoms with Crippen molar-refractivity contribution in [3.05, 3.63) is 36.0 Å². The highest BCUT2D eigenvalue weighted by Crippen LogP contribution is 2.31. The van der Waals surface area contributed by atoms with Gasteiger partial charge >= 0.3 is 0 Å². The summed E-state index contributed by atoms with van der Waals surface area (Å²) < 4.78 is 11.1. The fourth-order valence-corrected chi connectivity index (χ4v) is 3.39. The summed E-state index contributed by atoms with van der Waals surface area (Å²) in [5, 5.41) is 13.9. The summed E-state index contributed by atoms with van der Waals surface area (Å²) in [5.41, 5.74) is 1.82. The maximum absolute atomic E-state index is 9.62. The van der Waals surface area contributed by atoms with E-state index in [9.17, 15) is 5.11 Å². The zero-order valence-electron chi connectivity index (χ0n) is 14.5. The lowest BCUT2D eigenvalue weighted by Gasteiger charge is -2.49. The number of aromatic hydroxyl groups is 1. The molecule has 3 rings (SSSR count). The summed E-state index contributed by atoms with van der Waals surface area (Å²) in [5.74, 6) is 0.917. The molecule has 0 unspecified atom stereocenters. The first kappa shape index (κ1) is 17.0. The fraction of sp³-hybridized carbons (Fsp3) is 0.526. The molecule has 0 aliphatic carbocycles. The van der Waals surface area contributed by atoms with Crippen molar-refractivity contribution in [3.63, 3.8) is 0 Å². The number of benzene rings is 1. The molecular formula is C19H26N2O3. The van der Waals surface area contributed by atoms with Crippen molar-refractivity contribution in [2.24, 2.45) is 0 Å². The molecule has 2 heterocycles. The molecule has 1 fully saturated rings. The third-order valence-electron chi connectivity index (χ3n) is 4.60. The average molecular weight is 330 g/mol. The Kier molecular flexibility index (Phi) is 5.21. The SMILES string of the molecule is CCCN(CCC)C1(Cc2cc(-c3cccc(O)c3)on2)COC1. The maximum Gasteiger partial charge on any atom is 0.167 e. The largest absolute Gasteiger partial charge is 0.508 e. The van der Waals surface area contributed by atoms with Crippen LogP contribution in [0.15, 0.2) is 34.9 Å². The van der Waals surface area contributed by atoms with Crippen molar-refractivity contribution in [1.82, 2.24) is 10.1 Å². The van der Waals surface area contributed by atoms with Crippen molar-refractivity contribution in [2.45, 2.75) is 38.6 Å². The van der Waals surface area contributed by atoms with E-state index in [1.807, 2.05) is 12.1 Å². The quantitative estimate of drug-likeness (QED) is 0.803. The Hall–Kier alpha value is -1.85. The highest BCUT2D eigenvalue weighted by Gasteiger charge is 2.44. The van der Waals surface area contributed by atoms with Crippen LogP contribution in [-0.4, -0.2) is 47.0 Å². The molecule has 24 heavy (non-hydrogen) atoms. The Bertz CT molecular complexity index is 658. The normalized spacial score (nSPS) is 16.3. The zero-order valence-corrected chi connectivity index (χ0v) is 14.5. The number of hydrogen-bond acceptors (Lipinski definition) is 5. The molecule has 0 bridgehead atoms. The monoisotopic (exact) mass is 330 g/mol. The molecular weight excluding hydrogens is 304 g/mol. The molecule has 1 aliphatic rings. The van der Waals surface area contributed by atoms with Crippen molar-refractivity contribution in [1.29, 1.82) is 0 Å². The van der Waals surface area contributed by atoms with Gasteiger partial charge in [-0.1, -0.05) is 31.1 Å². The van der Waals surface area contributed by atoms with Gasteiger partial charge in [0, 0.05) is 18.1 Å². The standard InChI is InChI=1S/C19H26N2O3/c1-3-8-21(9-4-2)19(13-23-14-19)12-16-11-18(24-20-16)15-6-5-7-17(22)10-15/h5-7,10-11,22H,3-4,8-9,12-14H2,1-2H3. The van der Waals surface area contributed by atoms with Crippen LogP contribution in [0.5, 0.6) is 5.75 Å². The molecule has 0 amide bonds. The lowest BCUT2D eigenvalue weighted by molar-refractivity contribution is -0.141. The number of ether oxygens (including phenoxy) is 1. The van der Waals surface area contributed by atoms with E-state index in [0.717, 1.165) is 56.8 Å². The van der Waals surface area contributed by atoms with Crippen LogP contribution in [0, 0.1) is 0 Å². The molecule has 5 nitrogen and oxygen atoms in total. The number of rotatable bonds is 8. The van der Waals surface area contributed by atoms with Gasteiger partial charge in [-0.05, 0) is 38.1 Å². The fourth-order valence-electron chi connectivity index (χ4n) is 3.39. The molecule has 1 aliphatic heterocycles. The first-order chi connectivity index (χ1) is 11.7. The molecule has 1 aromatic carbocycles. The van der Waals surface area contributed by atoms with Crippen molar-refractivity contribution in [2.75, 3.05) is 26.3 Å². The van der Waals surface area contributed by atoms with Gasteiger partial charge in [0.2, 0.25) is 0 Å². The summed E-state index contributed by atoms with van der Waals surface area (Å²) in [6.45, 7) is 8.09. The number of nitrogens with zero attached hydrogens (tertiary/aromatic N) is 2. The van der Waals surface area contributed by atoms with Gasteiger partial charge in [0.05, 0.1) is 24.4 Å². The Labute approximate surface area is 143 Å². The molecule has 2 aromatic rings. The van der Waals surface area contributed by atoms with E-state index in [0.29, 0.717) is 5.76 Å². The minimum atomic E-state index is 0.0407. The second-order valence-corrected chi connectivity index (χ2v) is 6.61. The van der Waals surface area contributed by atoms with E-state index in [4.69, 9.17) is 9.26 Å². The van der Waals surface area contributed by atoms with Gasteiger partial charge in [-0.2, -0.15) is 0 Å². The summed E-state index contributed by atoms with van der Waals surface area (Å²) in [6.07, 6.45) is 3.10. The Morgan fingerprint density at radius 1 is 1.17 bits per heavy atom. The highest BCUT2D eigenvalue weighted by molar-refractivity contribution is 5.59. The van der Waals surface area contributed by atoms with Crippen LogP contribution in [0.4, 0.5) is 0 Å². The smallest absolute Gasteiger partial charge is 0.167 e. The van der Waals surface area contributed by atoms with Gasteiger partial charge in [0.25, 0.3) is 0 Å². The van der Waals surface area contributed by atoms with E-state index in [2.05, 4.69) is 23.9 Å². The number of phenols is 1. The first-order valence-corrected chi connectivity index (χ1v) is 8.74. The number of phenolic OH excluding ortho intramolecular Hbond substituents is 1. The van der Waals surface area contributed by atoms with E-state index < -0.39 is 0 Å². The van der Waals surface area contributed by atoms with Crippen molar-refractivity contribution in [3.8, 4) is 17.1 Å². The Morgan fingerprint density at radius 2 is 1.92 bits per heavy atom. The second kappa shape index (κ2) is 7.36. The van der Waals surface area contributed by atoms with Crippen LogP contribution in [0.1, 0.15) is 32.4 Å². The van der Waals surface area contributed by atoms with Gasteiger partial charge in [-0.15, -0.1) is 0 Å². The molecule has 1 saturated heterocycles. The molecule has 0 atom stereocenters. The van der Waals surface area contributed by atoms with Crippen LogP contribution in [0.2, 0.25) is 0 Å². The summed E-state index contributed by atoms with van der Waals surface area (Å²) >= 11 is 0. The predicted octanol–water partition coefficient (Wildman–Crippen LogP) is 3.48. The van der Waals surface area contributed by atoms with Crippen molar-refractivity contribution < 1.29 is 14.4 Å². The van der Waals surface area contributed by atoms with Gasteiger partial charge in [-0.25, -0.2) is 0 Å². The van der Waals surface area contributed by atoms with E-state index >= 15 is 0 Å². The topological polar surface area (TPSA) is 58.7 Å². The van der Waals surface area contributed by atoms with Crippen LogP contribution in [0.3, 0.4) is 0 Å². The lowest BCUT2D eigenvalue weighted by Crippen LogP contribution is -2.64. The summed E-state index contributed by atoms with van der Waals surface area (Å²) in [6, 6.07) is 9.03. The van der Waals surface area contributed by atoms with E-state index in [1.54, 1.807) is 18.2 Å². The van der Waals surface area contributed by atoms with Crippen LogP contribution in [-0.2, 0) is 11.2 Å². The minimum absolute atomic E-state index is 0.0407. The van der Waals surface area contributed by atoms with Crippen LogP contribution < -0.4 is 0 Å². The third kappa shape index (κ3) is 3.47. The van der Waals surface area contributed by atoms with E-state index in [1.165, 1.54) is 0 Å². The molecule has 0 radical (unpaired) electrons. The number of hydrogen-bond donors (Lipinski definition) is 1. The molecule has 1 aromatic heterocycles. The van der Waals surface area contributed by atoms with Gasteiger partial charge in [-0.3, -0.25) is 4.90 Å². The second-order valence-electron chi connectivity index (χ2n) is 6.61. The summed E-state index contributed by atoms with van der Waals surface area (Å²) in [4.78, 5) is 2.54. The average Bonchev–Trinajstić information content (AvgIpc) is 2.99. The van der Waals surface area contributed by atoms with Crippen LogP contribution >= 0.6 is 0 Å². The molecule has 5 heteroatoms. The molecule has 0 spiro atoms. The van der Waals surface area contributed by atoms with Gasteiger partial charge in [0.1, 0.15) is 5.75 Å². The Morgan fingerprint density at radius 3 is 2.50 bits per heavy atom. The predicted molar refractivity (Wildman–Crippen MR) is 93.0 cm³/mol. The van der Waals surface area contributed by atoms with Crippen LogP contribution in [0.25, 0.3) is 11.3 Å². The van der Waals surface area contributed by atoms with Gasteiger partial charge < -0.3 is 14.4 Å². The zero-order chi connectivity index (χ0) is 17.0. The first-order valence-electron chi connectivity index (χ1n) is 8.74. The third-order valence-corrected chi connectivity index (χ3v) is 4.60.